The smallest absolute Gasteiger partial charge is 0.267 e. The second-order valence-electron chi connectivity index (χ2n) is 1.76. The molecule has 0 aliphatic carbocycles. The van der Waals surface area contributed by atoms with Gasteiger partial charge in [-0.25, -0.2) is 4.99 Å². The Hall–Kier alpha value is -1.36. The van der Waals surface area contributed by atoms with Gasteiger partial charge in [0, 0.05) is 0 Å². The van der Waals surface area contributed by atoms with E-state index in [9.17, 15) is 4.79 Å². The summed E-state index contributed by atoms with van der Waals surface area (Å²) in [6.45, 7) is 0. The SMILES string of the molecule is Cl.O=C1N=CN=C2N=NC=C12. The summed E-state index contributed by atoms with van der Waals surface area (Å²) < 4.78 is 0. The topological polar surface area (TPSA) is 66.5 Å². The van der Waals surface area contributed by atoms with Gasteiger partial charge in [0.2, 0.25) is 0 Å². The summed E-state index contributed by atoms with van der Waals surface area (Å²) in [5.41, 5.74) is 0.377. The molecule has 2 rings (SSSR count). The van der Waals surface area contributed by atoms with Gasteiger partial charge < -0.3 is 0 Å². The molecule has 0 bridgehead atoms. The number of carbonyl (C=O) groups excluding carboxylic acids is 1. The number of halogens is 1. The molecule has 0 saturated carbocycles. The van der Waals surface area contributed by atoms with Gasteiger partial charge in [-0.05, 0) is 0 Å². The van der Waals surface area contributed by atoms with E-state index in [1.165, 1.54) is 12.5 Å². The average Bonchev–Trinajstić information content (AvgIpc) is 2.36. The monoisotopic (exact) mass is 170 g/mol. The van der Waals surface area contributed by atoms with Crippen molar-refractivity contribution in [2.45, 2.75) is 0 Å². The molecular weight excluding hydrogens is 168 g/mol. The van der Waals surface area contributed by atoms with Crippen LogP contribution >= 0.6 is 12.4 Å². The summed E-state index contributed by atoms with van der Waals surface area (Å²) in [7, 11) is 0. The molecule has 6 heteroatoms. The number of amides is 1. The third-order valence-corrected chi connectivity index (χ3v) is 1.17. The highest BCUT2D eigenvalue weighted by Crippen LogP contribution is 2.12. The first kappa shape index (κ1) is 7.74. The van der Waals surface area contributed by atoms with Gasteiger partial charge in [-0.15, -0.1) is 17.5 Å². The third-order valence-electron chi connectivity index (χ3n) is 1.17. The molecule has 0 spiro atoms. The molecule has 0 atom stereocenters. The predicted octanol–water partition coefficient (Wildman–Crippen LogP) is 0.725. The molecule has 0 N–H and O–H groups in total. The van der Waals surface area contributed by atoms with Crippen LogP contribution in [-0.2, 0) is 4.79 Å². The molecule has 0 saturated heterocycles. The zero-order valence-corrected chi connectivity index (χ0v) is 6.08. The van der Waals surface area contributed by atoms with Crippen LogP contribution in [0.25, 0.3) is 0 Å². The lowest BCUT2D eigenvalue weighted by atomic mass is 10.2. The highest BCUT2D eigenvalue weighted by Gasteiger charge is 2.20. The molecule has 5 nitrogen and oxygen atoms in total. The molecule has 0 radical (unpaired) electrons. The van der Waals surface area contributed by atoms with E-state index in [0.717, 1.165) is 0 Å². The summed E-state index contributed by atoms with van der Waals surface area (Å²) >= 11 is 0. The molecule has 2 aliphatic heterocycles. The maximum absolute atomic E-state index is 10.8. The Balaban J connectivity index is 0.000000605. The van der Waals surface area contributed by atoms with E-state index in [2.05, 4.69) is 20.2 Å². The lowest BCUT2D eigenvalue weighted by Crippen LogP contribution is -2.10. The van der Waals surface area contributed by atoms with Crippen LogP contribution in [0.3, 0.4) is 0 Å². The number of amidine groups is 1. The lowest BCUT2D eigenvalue weighted by molar-refractivity contribution is -0.113. The number of hydrogen-bond acceptors (Lipinski definition) is 4. The van der Waals surface area contributed by atoms with Crippen LogP contribution in [0.15, 0.2) is 32.0 Å². The number of nitrogens with zero attached hydrogens (tertiary/aromatic N) is 4. The number of azo groups is 1. The standard InChI is InChI=1S/C5H2N4O.ClH/c10-5-3-1-8-9-4(3)6-2-7-5;/h1-2H;1H. The van der Waals surface area contributed by atoms with Crippen molar-refractivity contribution in [3.63, 3.8) is 0 Å². The van der Waals surface area contributed by atoms with Crippen molar-refractivity contribution in [3.05, 3.63) is 11.8 Å². The first-order valence-electron chi connectivity index (χ1n) is 2.64. The van der Waals surface area contributed by atoms with Crippen molar-refractivity contribution in [2.75, 3.05) is 0 Å². The van der Waals surface area contributed by atoms with Crippen LogP contribution in [-0.4, -0.2) is 18.1 Å². The van der Waals surface area contributed by atoms with Gasteiger partial charge in [-0.1, -0.05) is 0 Å². The van der Waals surface area contributed by atoms with Crippen LogP contribution in [0.2, 0.25) is 0 Å². The van der Waals surface area contributed by atoms with Crippen molar-refractivity contribution >= 4 is 30.5 Å². The highest BCUT2D eigenvalue weighted by molar-refractivity contribution is 6.26. The molecule has 0 aromatic carbocycles. The Morgan fingerprint density at radius 3 is 2.91 bits per heavy atom. The summed E-state index contributed by atoms with van der Waals surface area (Å²) in [6.07, 6.45) is 2.54. The van der Waals surface area contributed by atoms with E-state index >= 15 is 0 Å². The van der Waals surface area contributed by atoms with E-state index in [4.69, 9.17) is 0 Å². The van der Waals surface area contributed by atoms with Crippen molar-refractivity contribution in [3.8, 4) is 0 Å². The fraction of sp³-hybridized carbons (Fsp3) is 0. The van der Waals surface area contributed by atoms with Crippen molar-refractivity contribution < 1.29 is 4.79 Å². The Labute approximate surface area is 68.0 Å². The molecule has 0 aromatic rings. The molecule has 1 amide bonds. The fourth-order valence-corrected chi connectivity index (χ4v) is 0.705. The Morgan fingerprint density at radius 2 is 2.18 bits per heavy atom. The van der Waals surface area contributed by atoms with Crippen LogP contribution in [0.4, 0.5) is 0 Å². The van der Waals surface area contributed by atoms with E-state index in [1.54, 1.807) is 0 Å². The average molecular weight is 171 g/mol. The molecule has 0 aromatic heterocycles. The van der Waals surface area contributed by atoms with Crippen LogP contribution in [0, 0.1) is 0 Å². The normalized spacial score (nSPS) is 18.7. The van der Waals surface area contributed by atoms with Gasteiger partial charge in [-0.3, -0.25) is 4.79 Å². The number of hydrogen-bond donors (Lipinski definition) is 0. The maximum Gasteiger partial charge on any atom is 0.284 e. The Kier molecular flexibility index (Phi) is 1.91. The Bertz CT molecular complexity index is 308. The minimum Gasteiger partial charge on any atom is -0.267 e. The van der Waals surface area contributed by atoms with Gasteiger partial charge in [0.05, 0.1) is 6.20 Å². The maximum atomic E-state index is 10.8. The lowest BCUT2D eigenvalue weighted by Gasteiger charge is -1.96. The molecule has 0 unspecified atom stereocenters. The second kappa shape index (κ2) is 2.71. The van der Waals surface area contributed by atoms with Crippen LogP contribution < -0.4 is 0 Å². The first-order chi connectivity index (χ1) is 4.88. The summed E-state index contributed by atoms with van der Waals surface area (Å²) in [5, 5.41) is 7.09. The summed E-state index contributed by atoms with van der Waals surface area (Å²) in [4.78, 5) is 18.0. The number of fused-ring (bicyclic) bond motifs is 1. The summed E-state index contributed by atoms with van der Waals surface area (Å²) in [6, 6.07) is 0. The molecule has 0 fully saturated rings. The van der Waals surface area contributed by atoms with Crippen LogP contribution in [0.1, 0.15) is 0 Å². The Morgan fingerprint density at radius 1 is 1.36 bits per heavy atom. The zero-order chi connectivity index (χ0) is 6.97. The highest BCUT2D eigenvalue weighted by atomic mass is 35.5. The van der Waals surface area contributed by atoms with Gasteiger partial charge in [0.15, 0.2) is 5.84 Å². The van der Waals surface area contributed by atoms with Gasteiger partial charge in [0.25, 0.3) is 5.91 Å². The predicted molar refractivity (Wildman–Crippen MR) is 41.1 cm³/mol. The number of rotatable bonds is 0. The fourth-order valence-electron chi connectivity index (χ4n) is 0.705. The van der Waals surface area contributed by atoms with Crippen molar-refractivity contribution in [1.29, 1.82) is 0 Å². The number of aliphatic imine (C=N–C) groups is 2. The zero-order valence-electron chi connectivity index (χ0n) is 5.26. The van der Waals surface area contributed by atoms with Gasteiger partial charge in [-0.2, -0.15) is 10.1 Å². The molecule has 2 heterocycles. The largest absolute Gasteiger partial charge is 0.284 e. The molecule has 56 valence electrons. The summed E-state index contributed by atoms with van der Waals surface area (Å²) in [5.74, 6) is 0.0370. The van der Waals surface area contributed by atoms with Gasteiger partial charge in [0.1, 0.15) is 11.9 Å². The van der Waals surface area contributed by atoms with Crippen molar-refractivity contribution in [1.82, 2.24) is 0 Å². The first-order valence-corrected chi connectivity index (χ1v) is 2.64. The van der Waals surface area contributed by atoms with E-state index < -0.39 is 0 Å². The van der Waals surface area contributed by atoms with Crippen molar-refractivity contribution in [2.24, 2.45) is 20.2 Å². The number of carbonyl (C=O) groups is 1. The minimum absolute atomic E-state index is 0. The quantitative estimate of drug-likeness (QED) is 0.528. The van der Waals surface area contributed by atoms with E-state index in [0.29, 0.717) is 11.4 Å². The second-order valence-corrected chi connectivity index (χ2v) is 1.76. The van der Waals surface area contributed by atoms with Gasteiger partial charge >= 0.3 is 0 Å². The molecule has 11 heavy (non-hydrogen) atoms. The van der Waals surface area contributed by atoms with E-state index in [-0.39, 0.29) is 18.3 Å². The third kappa shape index (κ3) is 1.10. The minimum atomic E-state index is -0.324. The molecular formula is C5H3ClN4O. The molecule has 2 aliphatic rings. The van der Waals surface area contributed by atoms with Crippen LogP contribution in [0.5, 0.6) is 0 Å². The van der Waals surface area contributed by atoms with E-state index in [1.807, 2.05) is 0 Å².